The van der Waals surface area contributed by atoms with Crippen LogP contribution in [0.4, 0.5) is 0 Å². The number of carbonyl (C=O) groups is 1. The molecule has 1 aliphatic carbocycles. The van der Waals surface area contributed by atoms with E-state index in [9.17, 15) is 4.79 Å². The summed E-state index contributed by atoms with van der Waals surface area (Å²) in [5.41, 5.74) is 1.81. The fourth-order valence-corrected chi connectivity index (χ4v) is 3.40. The normalized spacial score (nSPS) is 21.6. The van der Waals surface area contributed by atoms with Crippen molar-refractivity contribution in [1.29, 1.82) is 0 Å². The van der Waals surface area contributed by atoms with E-state index in [-0.39, 0.29) is 17.8 Å². The molecule has 0 N–H and O–H groups in total. The Morgan fingerprint density at radius 3 is 2.30 bits per heavy atom. The summed E-state index contributed by atoms with van der Waals surface area (Å²) in [7, 11) is 0. The van der Waals surface area contributed by atoms with Crippen LogP contribution >= 0.6 is 11.6 Å². The van der Waals surface area contributed by atoms with Gasteiger partial charge in [-0.05, 0) is 37.1 Å². The number of benzene rings is 2. The lowest BCUT2D eigenvalue weighted by Gasteiger charge is -2.32. The predicted molar refractivity (Wildman–Crippen MR) is 92.8 cm³/mol. The van der Waals surface area contributed by atoms with Gasteiger partial charge in [0.2, 0.25) is 0 Å². The van der Waals surface area contributed by atoms with Crippen molar-refractivity contribution in [1.82, 2.24) is 0 Å². The Bertz CT molecular complexity index is 677. The number of halogens is 1. The Morgan fingerprint density at radius 1 is 1.00 bits per heavy atom. The number of rotatable bonds is 4. The van der Waals surface area contributed by atoms with Gasteiger partial charge < -0.3 is 4.74 Å². The van der Waals surface area contributed by atoms with Crippen LogP contribution in [0.15, 0.2) is 54.6 Å². The number of hydrogen-bond acceptors (Lipinski definition) is 2. The van der Waals surface area contributed by atoms with Crippen LogP contribution in [-0.2, 0) is 15.1 Å². The quantitative estimate of drug-likeness (QED) is 0.779. The van der Waals surface area contributed by atoms with E-state index in [1.54, 1.807) is 0 Å². The Hall–Kier alpha value is -1.64. The molecule has 120 valence electrons. The number of Topliss-reactive ketones (excluding diaryl/α,β-unsaturated/α-hetero) is 1. The molecule has 0 amide bonds. The molecule has 0 heterocycles. The molecule has 23 heavy (non-hydrogen) atoms. The summed E-state index contributed by atoms with van der Waals surface area (Å²) in [6.07, 6.45) is 0.916. The van der Waals surface area contributed by atoms with Gasteiger partial charge in [-0.1, -0.05) is 54.1 Å². The van der Waals surface area contributed by atoms with Gasteiger partial charge in [0.25, 0.3) is 0 Å². The second-order valence-corrected chi connectivity index (χ2v) is 7.07. The Balaban J connectivity index is 1.82. The van der Waals surface area contributed by atoms with E-state index < -0.39 is 5.60 Å². The van der Waals surface area contributed by atoms with Gasteiger partial charge in [-0.2, -0.15) is 0 Å². The van der Waals surface area contributed by atoms with Crippen LogP contribution in [0.25, 0.3) is 0 Å². The zero-order valence-corrected chi connectivity index (χ0v) is 14.2. The molecule has 2 atom stereocenters. The van der Waals surface area contributed by atoms with Crippen molar-refractivity contribution >= 4 is 17.4 Å². The van der Waals surface area contributed by atoms with Crippen LogP contribution in [0, 0.1) is 0 Å². The maximum absolute atomic E-state index is 12.0. The van der Waals surface area contributed by atoms with Gasteiger partial charge in [0.05, 0.1) is 11.7 Å². The third-order valence-corrected chi connectivity index (χ3v) is 4.79. The number of ketones is 1. The van der Waals surface area contributed by atoms with E-state index in [1.165, 1.54) is 0 Å². The molecule has 0 unspecified atom stereocenters. The number of carbonyl (C=O) groups excluding carboxylic acids is 1. The molecule has 3 heteroatoms. The highest BCUT2D eigenvalue weighted by atomic mass is 35.5. The fraction of sp³-hybridized carbons (Fsp3) is 0.350. The third-order valence-electron chi connectivity index (χ3n) is 4.54. The van der Waals surface area contributed by atoms with E-state index >= 15 is 0 Å². The molecule has 1 aliphatic rings. The average molecular weight is 329 g/mol. The topological polar surface area (TPSA) is 26.3 Å². The predicted octanol–water partition coefficient (Wildman–Crippen LogP) is 5.11. The number of hydrogen-bond donors (Lipinski definition) is 0. The highest BCUT2D eigenvalue weighted by Crippen LogP contribution is 2.39. The van der Waals surface area contributed by atoms with E-state index in [4.69, 9.17) is 16.3 Å². The second-order valence-electron chi connectivity index (χ2n) is 6.64. The first-order chi connectivity index (χ1) is 11.0. The lowest BCUT2D eigenvalue weighted by Crippen LogP contribution is -2.30. The Kier molecular flexibility index (Phi) is 4.56. The molecule has 2 aromatic carbocycles. The molecular formula is C20H21ClO2. The van der Waals surface area contributed by atoms with Crippen LogP contribution in [0.3, 0.4) is 0 Å². The monoisotopic (exact) mass is 328 g/mol. The molecule has 1 saturated carbocycles. The van der Waals surface area contributed by atoms with Gasteiger partial charge in [-0.3, -0.25) is 4.79 Å². The van der Waals surface area contributed by atoms with Crippen LogP contribution < -0.4 is 0 Å². The molecule has 0 aromatic heterocycles. The highest BCUT2D eigenvalue weighted by molar-refractivity contribution is 6.30. The minimum atomic E-state index is -0.429. The standard InChI is InChI=1S/C20H21ClO2/c1-20(2,15-6-4-3-5-7-15)23-19-13-17(22)12-18(19)14-8-10-16(21)11-9-14/h3-11,18-19H,12-13H2,1-2H3/t18-,19+/m1/s1. The first-order valence-corrected chi connectivity index (χ1v) is 8.34. The van der Waals surface area contributed by atoms with Crippen LogP contribution in [0.1, 0.15) is 43.7 Å². The highest BCUT2D eigenvalue weighted by Gasteiger charge is 2.38. The minimum absolute atomic E-state index is 0.0983. The van der Waals surface area contributed by atoms with Gasteiger partial charge in [0.1, 0.15) is 5.78 Å². The molecule has 1 fully saturated rings. The van der Waals surface area contributed by atoms with Gasteiger partial charge in [0, 0.05) is 23.8 Å². The van der Waals surface area contributed by atoms with Crippen molar-refractivity contribution < 1.29 is 9.53 Å². The van der Waals surface area contributed by atoms with Crippen molar-refractivity contribution in [3.8, 4) is 0 Å². The SMILES string of the molecule is CC(C)(O[C@H]1CC(=O)C[C@@H]1c1ccc(Cl)cc1)c1ccccc1. The maximum atomic E-state index is 12.0. The molecule has 0 saturated heterocycles. The first kappa shape index (κ1) is 16.2. The largest absolute Gasteiger partial charge is 0.367 e. The minimum Gasteiger partial charge on any atom is -0.367 e. The molecule has 0 aliphatic heterocycles. The van der Waals surface area contributed by atoms with E-state index in [2.05, 4.69) is 26.0 Å². The van der Waals surface area contributed by atoms with Gasteiger partial charge in [0.15, 0.2) is 0 Å². The zero-order chi connectivity index (χ0) is 16.4. The van der Waals surface area contributed by atoms with Crippen molar-refractivity contribution in [2.75, 3.05) is 0 Å². The number of ether oxygens (including phenoxy) is 1. The van der Waals surface area contributed by atoms with Crippen molar-refractivity contribution in [3.05, 3.63) is 70.7 Å². The second kappa shape index (κ2) is 6.46. The summed E-state index contributed by atoms with van der Waals surface area (Å²) in [6.45, 7) is 4.12. The van der Waals surface area contributed by atoms with Crippen molar-refractivity contribution in [2.24, 2.45) is 0 Å². The molecule has 0 spiro atoms. The van der Waals surface area contributed by atoms with E-state index in [1.807, 2.05) is 42.5 Å². The summed E-state index contributed by atoms with van der Waals surface area (Å²) < 4.78 is 6.40. The lowest BCUT2D eigenvalue weighted by atomic mass is 9.93. The Morgan fingerprint density at radius 2 is 1.65 bits per heavy atom. The van der Waals surface area contributed by atoms with Gasteiger partial charge in [-0.25, -0.2) is 0 Å². The average Bonchev–Trinajstić information content (AvgIpc) is 2.89. The lowest BCUT2D eigenvalue weighted by molar-refractivity contribution is -0.120. The van der Waals surface area contributed by atoms with Gasteiger partial charge in [-0.15, -0.1) is 0 Å². The van der Waals surface area contributed by atoms with Crippen LogP contribution in [0.5, 0.6) is 0 Å². The summed E-state index contributed by atoms with van der Waals surface area (Å²) in [6, 6.07) is 17.9. The third kappa shape index (κ3) is 3.65. The van der Waals surface area contributed by atoms with E-state index in [0.29, 0.717) is 17.9 Å². The first-order valence-electron chi connectivity index (χ1n) is 7.96. The Labute approximate surface area is 142 Å². The maximum Gasteiger partial charge on any atom is 0.136 e. The molecule has 3 rings (SSSR count). The van der Waals surface area contributed by atoms with Crippen molar-refractivity contribution in [2.45, 2.75) is 44.3 Å². The molecule has 2 nitrogen and oxygen atoms in total. The fourth-order valence-electron chi connectivity index (χ4n) is 3.28. The molecule has 2 aromatic rings. The van der Waals surface area contributed by atoms with Crippen LogP contribution in [0.2, 0.25) is 5.02 Å². The van der Waals surface area contributed by atoms with Crippen molar-refractivity contribution in [3.63, 3.8) is 0 Å². The molecule has 0 radical (unpaired) electrons. The summed E-state index contributed by atoms with van der Waals surface area (Å²) in [4.78, 5) is 12.0. The summed E-state index contributed by atoms with van der Waals surface area (Å²) >= 11 is 5.97. The van der Waals surface area contributed by atoms with E-state index in [0.717, 1.165) is 11.1 Å². The van der Waals surface area contributed by atoms with Gasteiger partial charge >= 0.3 is 0 Å². The van der Waals surface area contributed by atoms with Crippen LogP contribution in [-0.4, -0.2) is 11.9 Å². The molecular weight excluding hydrogens is 308 g/mol. The smallest absolute Gasteiger partial charge is 0.136 e. The summed E-state index contributed by atoms with van der Waals surface area (Å²) in [5.74, 6) is 0.363. The summed E-state index contributed by atoms with van der Waals surface area (Å²) in [5, 5.41) is 0.708. The zero-order valence-electron chi connectivity index (χ0n) is 13.5. The molecule has 0 bridgehead atoms.